The van der Waals surface area contributed by atoms with Gasteiger partial charge in [-0.15, -0.1) is 0 Å². The number of aryl methyl sites for hydroxylation is 2. The molecule has 0 radical (unpaired) electrons. The van der Waals surface area contributed by atoms with Crippen molar-refractivity contribution in [2.75, 3.05) is 0 Å². The van der Waals surface area contributed by atoms with Gasteiger partial charge in [-0.3, -0.25) is 0 Å². The maximum atomic E-state index is 3.89. The molecular weight excluding hydrogens is 284 g/mol. The predicted molar refractivity (Wildman–Crippen MR) is 83.4 cm³/mol. The molecule has 1 aromatic rings. The third-order valence-electron chi connectivity index (χ3n) is 4.52. The predicted octanol–water partition coefficient (Wildman–Crippen LogP) is 5.68. The Kier molecular flexibility index (Phi) is 4.21. The van der Waals surface area contributed by atoms with Crippen LogP contribution >= 0.6 is 15.9 Å². The van der Waals surface area contributed by atoms with Crippen molar-refractivity contribution in [3.8, 4) is 0 Å². The summed E-state index contributed by atoms with van der Waals surface area (Å²) in [5.41, 5.74) is 5.01. The van der Waals surface area contributed by atoms with E-state index >= 15 is 0 Å². The largest absolute Gasteiger partial charge is 0.0839 e. The van der Waals surface area contributed by atoms with Gasteiger partial charge in [0.25, 0.3) is 0 Å². The second kappa shape index (κ2) is 5.36. The number of fused-ring (bicyclic) bond motifs is 1. The van der Waals surface area contributed by atoms with Crippen molar-refractivity contribution in [3.63, 3.8) is 0 Å². The molecule has 0 heterocycles. The van der Waals surface area contributed by atoms with Crippen molar-refractivity contribution in [3.05, 3.63) is 34.9 Å². The fraction of sp³-hybridized carbons (Fsp3) is 0.647. The molecule has 0 aliphatic heterocycles. The second-order valence-electron chi connectivity index (χ2n) is 6.85. The van der Waals surface area contributed by atoms with Crippen molar-refractivity contribution in [2.45, 2.75) is 58.2 Å². The van der Waals surface area contributed by atoms with Crippen LogP contribution in [0.1, 0.15) is 62.1 Å². The third kappa shape index (κ3) is 3.17. The van der Waals surface area contributed by atoms with Crippen molar-refractivity contribution in [1.82, 2.24) is 0 Å². The summed E-state index contributed by atoms with van der Waals surface area (Å²) in [6.07, 6.45) is 5.10. The van der Waals surface area contributed by atoms with E-state index in [1.54, 1.807) is 11.1 Å². The highest BCUT2D eigenvalue weighted by Gasteiger charge is 2.23. The van der Waals surface area contributed by atoms with E-state index in [4.69, 9.17) is 0 Å². The first-order chi connectivity index (χ1) is 8.38. The second-order valence-corrected chi connectivity index (χ2v) is 7.96. The molecule has 18 heavy (non-hydrogen) atoms. The van der Waals surface area contributed by atoms with Gasteiger partial charge >= 0.3 is 0 Å². The normalized spacial score (nSPS) is 18.5. The topological polar surface area (TPSA) is 0 Å². The zero-order chi connectivity index (χ0) is 13.3. The first-order valence-corrected chi connectivity index (χ1v) is 8.05. The minimum atomic E-state index is 0.392. The number of benzene rings is 1. The molecule has 0 aromatic heterocycles. The van der Waals surface area contributed by atoms with E-state index in [-0.39, 0.29) is 0 Å². The van der Waals surface area contributed by atoms with Gasteiger partial charge in [0.15, 0.2) is 0 Å². The van der Waals surface area contributed by atoms with E-state index in [0.717, 1.165) is 5.92 Å². The van der Waals surface area contributed by atoms with E-state index in [0.29, 0.717) is 10.2 Å². The molecule has 0 bridgehead atoms. The number of alkyl halides is 1. The molecule has 2 atom stereocenters. The summed E-state index contributed by atoms with van der Waals surface area (Å²) < 4.78 is 0. The Morgan fingerprint density at radius 2 is 1.83 bits per heavy atom. The lowest BCUT2D eigenvalue weighted by Gasteiger charge is -2.29. The molecule has 0 fully saturated rings. The SMILES string of the molecule is CC(CC(Br)c1ccc2c(c1)CCC2)C(C)(C)C. The third-order valence-corrected chi connectivity index (χ3v) is 5.43. The fourth-order valence-electron chi connectivity index (χ4n) is 2.59. The van der Waals surface area contributed by atoms with Gasteiger partial charge < -0.3 is 0 Å². The molecular formula is C17H25Br. The summed E-state index contributed by atoms with van der Waals surface area (Å²) in [6.45, 7) is 9.36. The fourth-order valence-corrected chi connectivity index (χ4v) is 3.43. The highest BCUT2D eigenvalue weighted by Crippen LogP contribution is 2.38. The first-order valence-electron chi connectivity index (χ1n) is 7.13. The first kappa shape index (κ1) is 14.1. The van der Waals surface area contributed by atoms with Gasteiger partial charge in [-0.2, -0.15) is 0 Å². The van der Waals surface area contributed by atoms with Crippen molar-refractivity contribution in [1.29, 1.82) is 0 Å². The van der Waals surface area contributed by atoms with E-state index in [1.165, 1.54) is 31.2 Å². The molecule has 0 nitrogen and oxygen atoms in total. The van der Waals surface area contributed by atoms with Gasteiger partial charge in [-0.1, -0.05) is 61.8 Å². The summed E-state index contributed by atoms with van der Waals surface area (Å²) in [6, 6.07) is 7.09. The van der Waals surface area contributed by atoms with Crippen molar-refractivity contribution in [2.24, 2.45) is 11.3 Å². The zero-order valence-corrected chi connectivity index (χ0v) is 13.7. The summed E-state index contributed by atoms with van der Waals surface area (Å²) in [5.74, 6) is 0.718. The van der Waals surface area contributed by atoms with Crippen LogP contribution in [0.25, 0.3) is 0 Å². The number of halogens is 1. The lowest BCUT2D eigenvalue weighted by molar-refractivity contribution is 0.246. The lowest BCUT2D eigenvalue weighted by atomic mass is 9.79. The van der Waals surface area contributed by atoms with Crippen LogP contribution in [0.5, 0.6) is 0 Å². The lowest BCUT2D eigenvalue weighted by Crippen LogP contribution is -2.18. The molecule has 0 saturated heterocycles. The molecule has 1 heteroatoms. The molecule has 2 unspecified atom stereocenters. The number of hydrogen-bond acceptors (Lipinski definition) is 0. The average Bonchev–Trinajstić information content (AvgIpc) is 2.74. The number of rotatable bonds is 3. The molecule has 2 rings (SSSR count). The van der Waals surface area contributed by atoms with Gasteiger partial charge in [0.1, 0.15) is 0 Å². The molecule has 1 aliphatic rings. The van der Waals surface area contributed by atoms with Crippen LogP contribution in [0.15, 0.2) is 18.2 Å². The Morgan fingerprint density at radius 1 is 1.17 bits per heavy atom. The van der Waals surface area contributed by atoms with Crippen LogP contribution in [-0.2, 0) is 12.8 Å². The Balaban J connectivity index is 2.07. The molecule has 1 aromatic carbocycles. The summed E-state index contributed by atoms with van der Waals surface area (Å²) in [4.78, 5) is 0.498. The van der Waals surface area contributed by atoms with Gasteiger partial charge in [0.05, 0.1) is 0 Å². The van der Waals surface area contributed by atoms with Crippen LogP contribution in [0.3, 0.4) is 0 Å². The molecule has 100 valence electrons. The van der Waals surface area contributed by atoms with Crippen LogP contribution in [-0.4, -0.2) is 0 Å². The highest BCUT2D eigenvalue weighted by molar-refractivity contribution is 9.09. The monoisotopic (exact) mass is 308 g/mol. The van der Waals surface area contributed by atoms with Crippen molar-refractivity contribution < 1.29 is 0 Å². The van der Waals surface area contributed by atoms with Gasteiger partial charge in [0, 0.05) is 4.83 Å². The molecule has 0 spiro atoms. The van der Waals surface area contributed by atoms with Crippen LogP contribution in [0.4, 0.5) is 0 Å². The van der Waals surface area contributed by atoms with E-state index in [1.807, 2.05) is 0 Å². The standard InChI is InChI=1S/C17H25Br/c1-12(17(2,3)4)10-16(18)15-9-8-13-6-5-7-14(13)11-15/h8-9,11-12,16H,5-7,10H2,1-4H3. The Bertz CT molecular complexity index is 414. The van der Waals surface area contributed by atoms with Gasteiger partial charge in [0.2, 0.25) is 0 Å². The average molecular weight is 309 g/mol. The quantitative estimate of drug-likeness (QED) is 0.630. The Morgan fingerprint density at radius 3 is 2.50 bits per heavy atom. The highest BCUT2D eigenvalue weighted by atomic mass is 79.9. The Labute approximate surface area is 120 Å². The molecule has 0 saturated carbocycles. The maximum Gasteiger partial charge on any atom is 0.0398 e. The minimum absolute atomic E-state index is 0.392. The molecule has 0 N–H and O–H groups in total. The summed E-state index contributed by atoms with van der Waals surface area (Å²) >= 11 is 3.89. The number of hydrogen-bond donors (Lipinski definition) is 0. The molecule has 1 aliphatic carbocycles. The minimum Gasteiger partial charge on any atom is -0.0839 e. The van der Waals surface area contributed by atoms with Gasteiger partial charge in [-0.05, 0) is 53.7 Å². The summed E-state index contributed by atoms with van der Waals surface area (Å²) in [7, 11) is 0. The van der Waals surface area contributed by atoms with E-state index in [2.05, 4.69) is 61.8 Å². The zero-order valence-electron chi connectivity index (χ0n) is 12.1. The van der Waals surface area contributed by atoms with E-state index in [9.17, 15) is 0 Å². The van der Waals surface area contributed by atoms with Crippen molar-refractivity contribution >= 4 is 15.9 Å². The smallest absolute Gasteiger partial charge is 0.0398 e. The van der Waals surface area contributed by atoms with Crippen LogP contribution in [0, 0.1) is 11.3 Å². The Hall–Kier alpha value is -0.300. The summed E-state index contributed by atoms with van der Waals surface area (Å²) in [5, 5.41) is 0. The maximum absolute atomic E-state index is 3.89. The van der Waals surface area contributed by atoms with Crippen LogP contribution < -0.4 is 0 Å². The van der Waals surface area contributed by atoms with Gasteiger partial charge in [-0.25, -0.2) is 0 Å². The van der Waals surface area contributed by atoms with Crippen LogP contribution in [0.2, 0.25) is 0 Å². The van der Waals surface area contributed by atoms with E-state index < -0.39 is 0 Å². The molecule has 0 amide bonds.